The summed E-state index contributed by atoms with van der Waals surface area (Å²) in [7, 11) is 0. The Balaban J connectivity index is 1.52. The number of carbonyl (C=O) groups excluding carboxylic acids is 1. The van der Waals surface area contributed by atoms with E-state index in [2.05, 4.69) is 29.4 Å². The van der Waals surface area contributed by atoms with Gasteiger partial charge in [0.15, 0.2) is 0 Å². The van der Waals surface area contributed by atoms with Crippen molar-refractivity contribution in [1.29, 1.82) is 0 Å². The minimum absolute atomic E-state index is 0.156. The van der Waals surface area contributed by atoms with E-state index < -0.39 is 0 Å². The normalized spacial score (nSPS) is 15.0. The fraction of sp³-hybridized carbons (Fsp3) is 0.350. The minimum Gasteiger partial charge on any atom is -0.397 e. The van der Waals surface area contributed by atoms with Crippen LogP contribution >= 0.6 is 0 Å². The lowest BCUT2D eigenvalue weighted by Gasteiger charge is -2.41. The van der Waals surface area contributed by atoms with Gasteiger partial charge in [-0.1, -0.05) is 26.0 Å². The van der Waals surface area contributed by atoms with Crippen molar-refractivity contribution in [3.63, 3.8) is 0 Å². The molecule has 0 unspecified atom stereocenters. The first-order chi connectivity index (χ1) is 12.0. The van der Waals surface area contributed by atoms with Gasteiger partial charge in [-0.3, -0.25) is 9.69 Å². The van der Waals surface area contributed by atoms with Crippen LogP contribution < -0.4 is 16.4 Å². The molecule has 25 heavy (non-hydrogen) atoms. The van der Waals surface area contributed by atoms with Gasteiger partial charge in [-0.25, -0.2) is 0 Å². The van der Waals surface area contributed by atoms with Crippen molar-refractivity contribution in [3.8, 4) is 0 Å². The number of nitrogen functional groups attached to an aromatic ring is 1. The van der Waals surface area contributed by atoms with E-state index in [1.165, 1.54) is 0 Å². The number of para-hydroxylation sites is 2. The van der Waals surface area contributed by atoms with E-state index in [9.17, 15) is 4.79 Å². The molecule has 4 N–H and O–H groups in total. The molecule has 1 aliphatic heterocycles. The van der Waals surface area contributed by atoms with Gasteiger partial charge in [0.2, 0.25) is 0 Å². The van der Waals surface area contributed by atoms with E-state index in [-0.39, 0.29) is 5.91 Å². The van der Waals surface area contributed by atoms with E-state index in [1.807, 2.05) is 36.4 Å². The summed E-state index contributed by atoms with van der Waals surface area (Å²) in [5, 5.41) is 6.36. The van der Waals surface area contributed by atoms with Crippen molar-refractivity contribution in [1.82, 2.24) is 4.90 Å². The maximum Gasteiger partial charge on any atom is 0.255 e. The van der Waals surface area contributed by atoms with Gasteiger partial charge >= 0.3 is 0 Å². The number of amides is 1. The highest BCUT2D eigenvalue weighted by Gasteiger charge is 2.26. The van der Waals surface area contributed by atoms with Crippen molar-refractivity contribution in [3.05, 3.63) is 54.1 Å². The Kier molecular flexibility index (Phi) is 5.24. The van der Waals surface area contributed by atoms with Gasteiger partial charge in [0.25, 0.3) is 5.91 Å². The van der Waals surface area contributed by atoms with Gasteiger partial charge in [-0.2, -0.15) is 0 Å². The summed E-state index contributed by atoms with van der Waals surface area (Å²) in [5.41, 5.74) is 8.72. The highest BCUT2D eigenvalue weighted by atomic mass is 16.1. The molecule has 0 aromatic heterocycles. The zero-order valence-electron chi connectivity index (χ0n) is 14.8. The summed E-state index contributed by atoms with van der Waals surface area (Å²) in [4.78, 5) is 14.8. The molecule has 0 atom stereocenters. The number of hydrogen-bond acceptors (Lipinski definition) is 4. The lowest BCUT2D eigenvalue weighted by atomic mass is 10.1. The molecule has 0 radical (unpaired) electrons. The first-order valence-corrected chi connectivity index (χ1v) is 8.76. The Morgan fingerprint density at radius 2 is 1.84 bits per heavy atom. The van der Waals surface area contributed by atoms with Crippen LogP contribution in [0.5, 0.6) is 0 Å². The van der Waals surface area contributed by atoms with E-state index in [0.29, 0.717) is 28.9 Å². The maximum absolute atomic E-state index is 12.3. The van der Waals surface area contributed by atoms with Crippen LogP contribution in [0, 0.1) is 5.92 Å². The van der Waals surface area contributed by atoms with Gasteiger partial charge in [0.05, 0.1) is 17.4 Å². The summed E-state index contributed by atoms with van der Waals surface area (Å²) in [6.07, 6.45) is 0. The molecule has 2 aromatic carbocycles. The fourth-order valence-corrected chi connectivity index (χ4v) is 3.09. The molecule has 0 bridgehead atoms. The zero-order chi connectivity index (χ0) is 17.8. The molecule has 1 heterocycles. The lowest BCUT2D eigenvalue weighted by Crippen LogP contribution is -2.55. The molecule has 132 valence electrons. The van der Waals surface area contributed by atoms with Gasteiger partial charge in [0.1, 0.15) is 0 Å². The molecular weight excluding hydrogens is 312 g/mol. The van der Waals surface area contributed by atoms with E-state index in [0.717, 1.165) is 25.3 Å². The molecule has 1 saturated heterocycles. The predicted molar refractivity (Wildman–Crippen MR) is 104 cm³/mol. The van der Waals surface area contributed by atoms with Crippen molar-refractivity contribution in [2.75, 3.05) is 36.0 Å². The van der Waals surface area contributed by atoms with Crippen LogP contribution in [0.15, 0.2) is 48.5 Å². The molecule has 3 rings (SSSR count). The quantitative estimate of drug-likeness (QED) is 0.707. The van der Waals surface area contributed by atoms with E-state index >= 15 is 0 Å². The van der Waals surface area contributed by atoms with E-state index in [1.54, 1.807) is 12.1 Å². The largest absolute Gasteiger partial charge is 0.397 e. The molecule has 5 heteroatoms. The fourth-order valence-electron chi connectivity index (χ4n) is 3.09. The standard InChI is InChI=1S/C20H26N4O/c1-14(2)11-24-12-17(13-24)22-16-9-7-15(8-10-16)20(25)23-19-6-4-3-5-18(19)21/h3-10,14,17,22H,11-13,21H2,1-2H3,(H,23,25). The van der Waals surface area contributed by atoms with Crippen molar-refractivity contribution in [2.45, 2.75) is 19.9 Å². The summed E-state index contributed by atoms with van der Waals surface area (Å²) in [5.74, 6) is 0.550. The van der Waals surface area contributed by atoms with Crippen molar-refractivity contribution < 1.29 is 4.79 Å². The van der Waals surface area contributed by atoms with Crippen LogP contribution in [-0.4, -0.2) is 36.5 Å². The van der Waals surface area contributed by atoms with Crippen molar-refractivity contribution in [2.24, 2.45) is 5.92 Å². The van der Waals surface area contributed by atoms with Crippen LogP contribution in [-0.2, 0) is 0 Å². The highest BCUT2D eigenvalue weighted by molar-refractivity contribution is 6.05. The van der Waals surface area contributed by atoms with Crippen LogP contribution in [0.1, 0.15) is 24.2 Å². The Morgan fingerprint density at radius 3 is 2.48 bits per heavy atom. The average molecular weight is 338 g/mol. The monoisotopic (exact) mass is 338 g/mol. The maximum atomic E-state index is 12.3. The molecule has 1 fully saturated rings. The predicted octanol–water partition coefficient (Wildman–Crippen LogP) is 3.27. The Morgan fingerprint density at radius 1 is 1.16 bits per heavy atom. The number of hydrogen-bond donors (Lipinski definition) is 3. The molecular formula is C20H26N4O. The molecule has 1 amide bonds. The minimum atomic E-state index is -0.156. The SMILES string of the molecule is CC(C)CN1CC(Nc2ccc(C(=O)Nc3ccccc3N)cc2)C1. The number of likely N-dealkylation sites (tertiary alicyclic amines) is 1. The van der Waals surface area contributed by atoms with Crippen LogP contribution in [0.2, 0.25) is 0 Å². The Hall–Kier alpha value is -2.53. The molecule has 2 aromatic rings. The number of nitrogens with one attached hydrogen (secondary N) is 2. The van der Waals surface area contributed by atoms with Gasteiger partial charge in [-0.05, 0) is 42.3 Å². The summed E-state index contributed by atoms with van der Waals surface area (Å²) in [6.45, 7) is 7.79. The third-order valence-electron chi connectivity index (χ3n) is 4.31. The van der Waals surface area contributed by atoms with Gasteiger partial charge in [0, 0.05) is 30.9 Å². The topological polar surface area (TPSA) is 70.4 Å². The summed E-state index contributed by atoms with van der Waals surface area (Å²) < 4.78 is 0. The number of benzene rings is 2. The number of carbonyl (C=O) groups is 1. The number of rotatable bonds is 6. The van der Waals surface area contributed by atoms with Gasteiger partial charge < -0.3 is 16.4 Å². The summed E-state index contributed by atoms with van der Waals surface area (Å²) in [6, 6.07) is 15.3. The molecule has 5 nitrogen and oxygen atoms in total. The second-order valence-electron chi connectivity index (χ2n) is 7.07. The smallest absolute Gasteiger partial charge is 0.255 e. The average Bonchev–Trinajstić information content (AvgIpc) is 2.55. The third kappa shape index (κ3) is 4.51. The second-order valence-corrected chi connectivity index (χ2v) is 7.07. The molecule has 0 aliphatic carbocycles. The Labute approximate surface area is 149 Å². The molecule has 0 saturated carbocycles. The van der Waals surface area contributed by atoms with Crippen LogP contribution in [0.25, 0.3) is 0 Å². The number of anilines is 3. The number of nitrogens with two attached hydrogens (primary N) is 1. The first-order valence-electron chi connectivity index (χ1n) is 8.76. The van der Waals surface area contributed by atoms with Crippen molar-refractivity contribution >= 4 is 23.0 Å². The molecule has 0 spiro atoms. The Bertz CT molecular complexity index is 721. The van der Waals surface area contributed by atoms with Crippen LogP contribution in [0.4, 0.5) is 17.1 Å². The highest BCUT2D eigenvalue weighted by Crippen LogP contribution is 2.20. The number of nitrogens with zero attached hydrogens (tertiary/aromatic N) is 1. The summed E-state index contributed by atoms with van der Waals surface area (Å²) >= 11 is 0. The first kappa shape index (κ1) is 17.3. The zero-order valence-corrected chi connectivity index (χ0v) is 14.8. The second kappa shape index (κ2) is 7.57. The molecule has 1 aliphatic rings. The van der Waals surface area contributed by atoms with E-state index in [4.69, 9.17) is 5.73 Å². The lowest BCUT2D eigenvalue weighted by molar-refractivity contribution is 0.102. The van der Waals surface area contributed by atoms with Crippen LogP contribution in [0.3, 0.4) is 0 Å². The third-order valence-corrected chi connectivity index (χ3v) is 4.31. The van der Waals surface area contributed by atoms with Gasteiger partial charge in [-0.15, -0.1) is 0 Å².